The van der Waals surface area contributed by atoms with E-state index in [0.29, 0.717) is 42.2 Å². The van der Waals surface area contributed by atoms with Crippen molar-refractivity contribution in [3.05, 3.63) is 100 Å². The van der Waals surface area contributed by atoms with E-state index in [1.54, 1.807) is 29.2 Å². The smallest absolute Gasteiger partial charge is 0.332 e. The Hall–Kier alpha value is -4.10. The fourth-order valence-electron chi connectivity index (χ4n) is 5.09. The summed E-state index contributed by atoms with van der Waals surface area (Å²) in [6, 6.07) is 19.3. The van der Waals surface area contributed by atoms with Crippen molar-refractivity contribution in [2.75, 3.05) is 11.4 Å². The van der Waals surface area contributed by atoms with Crippen LogP contribution in [0.15, 0.2) is 72.9 Å². The minimum absolute atomic E-state index is 0.216. The lowest BCUT2D eigenvalue weighted by Gasteiger charge is -2.28. The van der Waals surface area contributed by atoms with Crippen LogP contribution < -0.4 is 10.2 Å². The fraction of sp³-hybridized carbons (Fsp3) is 0.179. The Balaban J connectivity index is 1.11. The molecule has 0 spiro atoms. The van der Waals surface area contributed by atoms with Gasteiger partial charge >= 0.3 is 6.03 Å². The Morgan fingerprint density at radius 2 is 1.81 bits per heavy atom. The molecule has 2 aliphatic heterocycles. The van der Waals surface area contributed by atoms with Gasteiger partial charge in [-0.25, -0.2) is 9.69 Å². The molecule has 4 amide bonds. The maximum atomic E-state index is 13.1. The standard InChI is InChI=1S/C28H23ClN4O3/c29-21-7-10-24-23(14-21)19(15-31-24)11-12-30-26(34)17-5-8-22(9-6-17)33-27(35)25-13-18-3-1-2-4-20(18)16-32(25)28(33)36/h1-10,14-15,25,31H,11-13,16H2,(H,30,34)/t25-/m1/s1. The van der Waals surface area contributed by atoms with Crippen LogP contribution in [-0.4, -0.2) is 40.3 Å². The largest absolute Gasteiger partial charge is 0.361 e. The summed E-state index contributed by atoms with van der Waals surface area (Å²) in [5, 5.41) is 4.64. The molecule has 36 heavy (non-hydrogen) atoms. The van der Waals surface area contributed by atoms with E-state index in [9.17, 15) is 14.4 Å². The molecule has 2 N–H and O–H groups in total. The highest BCUT2D eigenvalue weighted by Crippen LogP contribution is 2.33. The van der Waals surface area contributed by atoms with Crippen molar-refractivity contribution in [2.45, 2.75) is 25.4 Å². The molecule has 0 saturated carbocycles. The van der Waals surface area contributed by atoms with Gasteiger partial charge in [-0.15, -0.1) is 0 Å². The summed E-state index contributed by atoms with van der Waals surface area (Å²) in [6.45, 7) is 0.880. The summed E-state index contributed by atoms with van der Waals surface area (Å²) in [5.74, 6) is -0.447. The first-order chi connectivity index (χ1) is 17.5. The number of benzene rings is 3. The Morgan fingerprint density at radius 1 is 1.03 bits per heavy atom. The molecule has 0 aliphatic carbocycles. The second-order valence-corrected chi connectivity index (χ2v) is 9.57. The fourth-order valence-corrected chi connectivity index (χ4v) is 5.26. The molecule has 1 atom stereocenters. The summed E-state index contributed by atoms with van der Waals surface area (Å²) < 4.78 is 0. The number of nitrogens with zero attached hydrogens (tertiary/aromatic N) is 2. The van der Waals surface area contributed by atoms with Gasteiger partial charge in [0.15, 0.2) is 0 Å². The lowest BCUT2D eigenvalue weighted by atomic mass is 9.95. The van der Waals surface area contributed by atoms with Crippen LogP contribution in [0.1, 0.15) is 27.0 Å². The quantitative estimate of drug-likeness (QED) is 0.391. The molecule has 2 aliphatic rings. The van der Waals surface area contributed by atoms with Crippen LogP contribution >= 0.6 is 11.6 Å². The average Bonchev–Trinajstić information content (AvgIpc) is 3.40. The van der Waals surface area contributed by atoms with Gasteiger partial charge in [0.1, 0.15) is 6.04 Å². The summed E-state index contributed by atoms with van der Waals surface area (Å²) in [5.41, 5.74) is 5.18. The Labute approximate surface area is 212 Å². The van der Waals surface area contributed by atoms with E-state index >= 15 is 0 Å². The number of hydrogen-bond donors (Lipinski definition) is 2. The highest BCUT2D eigenvalue weighted by Gasteiger charge is 2.47. The van der Waals surface area contributed by atoms with Crippen LogP contribution in [0.25, 0.3) is 10.9 Å². The average molecular weight is 499 g/mol. The van der Waals surface area contributed by atoms with E-state index in [0.717, 1.165) is 27.6 Å². The van der Waals surface area contributed by atoms with Crippen LogP contribution in [0, 0.1) is 0 Å². The first-order valence-electron chi connectivity index (χ1n) is 11.8. The van der Waals surface area contributed by atoms with E-state index in [1.165, 1.54) is 4.90 Å². The molecule has 6 rings (SSSR count). The Morgan fingerprint density at radius 3 is 2.61 bits per heavy atom. The summed E-state index contributed by atoms with van der Waals surface area (Å²) in [7, 11) is 0. The number of hydrogen-bond acceptors (Lipinski definition) is 3. The maximum absolute atomic E-state index is 13.1. The van der Waals surface area contributed by atoms with Gasteiger partial charge in [0.2, 0.25) is 0 Å². The number of carbonyl (C=O) groups is 3. The number of amides is 4. The molecule has 1 aromatic heterocycles. The van der Waals surface area contributed by atoms with E-state index in [1.807, 2.05) is 48.7 Å². The number of H-pyrrole nitrogens is 1. The lowest BCUT2D eigenvalue weighted by molar-refractivity contribution is -0.120. The third kappa shape index (κ3) is 3.82. The minimum atomic E-state index is -0.491. The van der Waals surface area contributed by atoms with Gasteiger partial charge in [-0.3, -0.25) is 9.59 Å². The number of rotatable bonds is 5. The number of imide groups is 1. The summed E-state index contributed by atoms with van der Waals surface area (Å²) in [6.07, 6.45) is 3.10. The molecule has 1 saturated heterocycles. The van der Waals surface area contributed by atoms with Gasteiger partial charge in [-0.05, 0) is 65.6 Å². The molecule has 4 aromatic rings. The van der Waals surface area contributed by atoms with Crippen LogP contribution in [0.2, 0.25) is 5.02 Å². The SMILES string of the molecule is O=C(NCCc1c[nH]c2ccc(Cl)cc12)c1ccc(N2C(=O)[C@H]3Cc4ccccc4CN3C2=O)cc1. The maximum Gasteiger partial charge on any atom is 0.332 e. The Bertz CT molecular complexity index is 1470. The molecule has 7 nitrogen and oxygen atoms in total. The first kappa shape index (κ1) is 22.4. The number of fused-ring (bicyclic) bond motifs is 3. The van der Waals surface area contributed by atoms with Crippen molar-refractivity contribution >= 4 is 46.0 Å². The summed E-state index contributed by atoms with van der Waals surface area (Å²) in [4.78, 5) is 45.0. The van der Waals surface area contributed by atoms with Gasteiger partial charge in [-0.1, -0.05) is 35.9 Å². The third-order valence-corrected chi connectivity index (χ3v) is 7.22. The van der Waals surface area contributed by atoms with Crippen molar-refractivity contribution < 1.29 is 14.4 Å². The zero-order valence-electron chi connectivity index (χ0n) is 19.3. The second-order valence-electron chi connectivity index (χ2n) is 9.13. The highest BCUT2D eigenvalue weighted by molar-refractivity contribution is 6.31. The third-order valence-electron chi connectivity index (χ3n) is 6.99. The van der Waals surface area contributed by atoms with Crippen LogP contribution in [-0.2, 0) is 24.2 Å². The number of urea groups is 1. The van der Waals surface area contributed by atoms with Crippen molar-refractivity contribution in [3.63, 3.8) is 0 Å². The van der Waals surface area contributed by atoms with Gasteiger partial charge in [-0.2, -0.15) is 0 Å². The van der Waals surface area contributed by atoms with Crippen LogP contribution in [0.3, 0.4) is 0 Å². The topological polar surface area (TPSA) is 85.5 Å². The van der Waals surface area contributed by atoms with Gasteiger partial charge in [0.05, 0.1) is 5.69 Å². The molecule has 1 fully saturated rings. The summed E-state index contributed by atoms with van der Waals surface area (Å²) >= 11 is 6.11. The number of aromatic amines is 1. The number of halogens is 1. The predicted octanol–water partition coefficient (Wildman–Crippen LogP) is 4.69. The van der Waals surface area contributed by atoms with E-state index in [4.69, 9.17) is 11.6 Å². The second kappa shape index (κ2) is 8.84. The van der Waals surface area contributed by atoms with Gasteiger partial charge in [0, 0.05) is 47.2 Å². The number of aromatic nitrogens is 1. The van der Waals surface area contributed by atoms with Crippen molar-refractivity contribution in [1.82, 2.24) is 15.2 Å². The van der Waals surface area contributed by atoms with Gasteiger partial charge < -0.3 is 15.2 Å². The van der Waals surface area contributed by atoms with Gasteiger partial charge in [0.25, 0.3) is 11.8 Å². The molecule has 180 valence electrons. The first-order valence-corrected chi connectivity index (χ1v) is 12.2. The monoisotopic (exact) mass is 498 g/mol. The predicted molar refractivity (Wildman–Crippen MR) is 138 cm³/mol. The van der Waals surface area contributed by atoms with Crippen LogP contribution in [0.4, 0.5) is 10.5 Å². The molecule has 3 heterocycles. The Kier molecular flexibility index (Phi) is 5.49. The number of nitrogens with one attached hydrogen (secondary N) is 2. The van der Waals surface area contributed by atoms with Crippen LogP contribution in [0.5, 0.6) is 0 Å². The molecule has 0 unspecified atom stereocenters. The zero-order chi connectivity index (χ0) is 24.8. The number of carbonyl (C=O) groups excluding carboxylic acids is 3. The number of anilines is 1. The zero-order valence-corrected chi connectivity index (χ0v) is 20.1. The molecule has 8 heteroatoms. The van der Waals surface area contributed by atoms with E-state index < -0.39 is 6.04 Å². The van der Waals surface area contributed by atoms with E-state index in [2.05, 4.69) is 10.3 Å². The van der Waals surface area contributed by atoms with Crippen molar-refractivity contribution in [2.24, 2.45) is 0 Å². The molecule has 3 aromatic carbocycles. The normalized spacial score (nSPS) is 16.9. The molecule has 0 bridgehead atoms. The van der Waals surface area contributed by atoms with Crippen molar-refractivity contribution in [1.29, 1.82) is 0 Å². The van der Waals surface area contributed by atoms with E-state index in [-0.39, 0.29) is 17.8 Å². The molecular formula is C28H23ClN4O3. The highest BCUT2D eigenvalue weighted by atomic mass is 35.5. The minimum Gasteiger partial charge on any atom is -0.361 e. The lowest BCUT2D eigenvalue weighted by Crippen LogP contribution is -2.39. The molecule has 0 radical (unpaired) electrons. The van der Waals surface area contributed by atoms with Crippen molar-refractivity contribution in [3.8, 4) is 0 Å². The molecular weight excluding hydrogens is 476 g/mol.